The highest BCUT2D eigenvalue weighted by Gasteiger charge is 2.37. The fraction of sp³-hybridized carbons (Fsp3) is 0.450. The highest BCUT2D eigenvalue weighted by molar-refractivity contribution is 7.92. The van der Waals surface area contributed by atoms with E-state index in [0.717, 1.165) is 31.9 Å². The molecule has 0 unspecified atom stereocenters. The molecule has 3 aromatic rings. The third-order valence-electron chi connectivity index (χ3n) is 5.57. The summed E-state index contributed by atoms with van der Waals surface area (Å²) in [5.41, 5.74) is 0.373. The van der Waals surface area contributed by atoms with E-state index in [9.17, 15) is 21.6 Å². The lowest BCUT2D eigenvalue weighted by atomic mass is 10.2. The average molecular weight is 466 g/mol. The number of sulfone groups is 1. The summed E-state index contributed by atoms with van der Waals surface area (Å²) in [4.78, 5) is 7.91. The maximum Gasteiger partial charge on any atom is 0.421 e. The normalized spacial score (nSPS) is 17.0. The van der Waals surface area contributed by atoms with E-state index in [2.05, 4.69) is 25.7 Å². The summed E-state index contributed by atoms with van der Waals surface area (Å²) in [5, 5.41) is 10.6. The highest BCUT2D eigenvalue weighted by atomic mass is 32.2. The SMILES string of the molecule is O=S(=O)(CCn1ncc2c(Nc3ncc(C(F)(F)F)c(NC4CC4)n3)cccc21)C1CC1. The van der Waals surface area contributed by atoms with Gasteiger partial charge in [-0.3, -0.25) is 4.68 Å². The van der Waals surface area contributed by atoms with Crippen LogP contribution in [0.25, 0.3) is 10.9 Å². The minimum atomic E-state index is -4.56. The molecule has 2 aliphatic rings. The topological polar surface area (TPSA) is 102 Å². The van der Waals surface area contributed by atoms with Crippen LogP contribution < -0.4 is 10.6 Å². The van der Waals surface area contributed by atoms with Crippen molar-refractivity contribution in [3.63, 3.8) is 0 Å². The van der Waals surface area contributed by atoms with Crippen LogP contribution in [0.5, 0.6) is 0 Å². The van der Waals surface area contributed by atoms with Gasteiger partial charge in [0, 0.05) is 17.6 Å². The van der Waals surface area contributed by atoms with E-state index in [0.29, 0.717) is 16.6 Å². The van der Waals surface area contributed by atoms with Crippen LogP contribution in [0.2, 0.25) is 0 Å². The maximum absolute atomic E-state index is 13.3. The number of benzene rings is 1. The smallest absolute Gasteiger partial charge is 0.367 e. The molecule has 0 atom stereocenters. The molecule has 0 aliphatic heterocycles. The number of anilines is 3. The molecule has 0 amide bonds. The van der Waals surface area contributed by atoms with Gasteiger partial charge >= 0.3 is 6.18 Å². The van der Waals surface area contributed by atoms with E-state index in [1.807, 2.05) is 6.07 Å². The molecule has 0 saturated heterocycles. The number of fused-ring (bicyclic) bond motifs is 1. The van der Waals surface area contributed by atoms with Gasteiger partial charge in [0.15, 0.2) is 9.84 Å². The minimum absolute atomic E-state index is 0.00701. The molecule has 32 heavy (non-hydrogen) atoms. The van der Waals surface area contributed by atoms with E-state index >= 15 is 0 Å². The summed E-state index contributed by atoms with van der Waals surface area (Å²) in [7, 11) is -3.11. The van der Waals surface area contributed by atoms with Crippen LogP contribution in [-0.4, -0.2) is 45.2 Å². The Labute approximate surface area is 182 Å². The van der Waals surface area contributed by atoms with Crippen LogP contribution in [0.1, 0.15) is 31.2 Å². The fourth-order valence-electron chi connectivity index (χ4n) is 3.50. The summed E-state index contributed by atoms with van der Waals surface area (Å²) < 4.78 is 65.9. The van der Waals surface area contributed by atoms with Crippen molar-refractivity contribution in [1.82, 2.24) is 19.7 Å². The number of hydrogen-bond acceptors (Lipinski definition) is 7. The molecule has 170 valence electrons. The Hall–Kier alpha value is -2.89. The van der Waals surface area contributed by atoms with E-state index < -0.39 is 21.6 Å². The summed E-state index contributed by atoms with van der Waals surface area (Å²) >= 11 is 0. The molecule has 0 bridgehead atoms. The Kier molecular flexibility index (Phi) is 4.99. The van der Waals surface area contributed by atoms with Crippen LogP contribution in [-0.2, 0) is 22.6 Å². The summed E-state index contributed by atoms with van der Waals surface area (Å²) in [6.45, 7) is 0.234. The first-order valence-electron chi connectivity index (χ1n) is 10.3. The molecule has 0 spiro atoms. The predicted molar refractivity (Wildman–Crippen MR) is 114 cm³/mol. The molecule has 5 rings (SSSR count). The largest absolute Gasteiger partial charge is 0.421 e. The van der Waals surface area contributed by atoms with E-state index in [-0.39, 0.29) is 35.4 Å². The Morgan fingerprint density at radius 1 is 1.12 bits per heavy atom. The van der Waals surface area contributed by atoms with Crippen molar-refractivity contribution in [3.05, 3.63) is 36.2 Å². The molecule has 2 N–H and O–H groups in total. The van der Waals surface area contributed by atoms with Crippen molar-refractivity contribution in [3.8, 4) is 0 Å². The molecule has 8 nitrogen and oxygen atoms in total. The number of halogens is 3. The van der Waals surface area contributed by atoms with Crippen LogP contribution >= 0.6 is 0 Å². The Morgan fingerprint density at radius 2 is 1.91 bits per heavy atom. The molecular weight excluding hydrogens is 445 g/mol. The second kappa shape index (κ2) is 7.61. The van der Waals surface area contributed by atoms with Gasteiger partial charge in [0.05, 0.1) is 34.9 Å². The zero-order valence-electron chi connectivity index (χ0n) is 16.9. The Bertz CT molecular complexity index is 1270. The Balaban J connectivity index is 1.40. The van der Waals surface area contributed by atoms with Gasteiger partial charge < -0.3 is 10.6 Å². The number of hydrogen-bond donors (Lipinski definition) is 2. The fourth-order valence-corrected chi connectivity index (χ4v) is 5.11. The summed E-state index contributed by atoms with van der Waals surface area (Å²) in [6, 6.07) is 5.30. The maximum atomic E-state index is 13.3. The number of nitrogens with zero attached hydrogens (tertiary/aromatic N) is 4. The summed E-state index contributed by atoms with van der Waals surface area (Å²) in [5.74, 6) is -0.201. The summed E-state index contributed by atoms with van der Waals surface area (Å²) in [6.07, 6.45) is 0.860. The molecule has 2 saturated carbocycles. The lowest BCUT2D eigenvalue weighted by Gasteiger charge is -2.14. The first-order valence-corrected chi connectivity index (χ1v) is 12.1. The van der Waals surface area contributed by atoms with Crippen molar-refractivity contribution >= 4 is 38.2 Å². The first-order chi connectivity index (χ1) is 15.2. The van der Waals surface area contributed by atoms with Gasteiger partial charge in [-0.25, -0.2) is 13.4 Å². The minimum Gasteiger partial charge on any atom is -0.367 e. The van der Waals surface area contributed by atoms with Crippen LogP contribution in [0.15, 0.2) is 30.6 Å². The second-order valence-corrected chi connectivity index (χ2v) is 10.6. The highest BCUT2D eigenvalue weighted by Crippen LogP contribution is 2.36. The first kappa shape index (κ1) is 21.0. The van der Waals surface area contributed by atoms with E-state index in [4.69, 9.17) is 0 Å². The van der Waals surface area contributed by atoms with Gasteiger partial charge in [-0.1, -0.05) is 6.07 Å². The zero-order chi connectivity index (χ0) is 22.5. The van der Waals surface area contributed by atoms with Crippen molar-refractivity contribution in [2.45, 2.75) is 49.7 Å². The molecule has 12 heteroatoms. The number of alkyl halides is 3. The van der Waals surface area contributed by atoms with Gasteiger partial charge in [-0.2, -0.15) is 23.3 Å². The van der Waals surface area contributed by atoms with Crippen molar-refractivity contribution in [1.29, 1.82) is 0 Å². The third kappa shape index (κ3) is 4.36. The van der Waals surface area contributed by atoms with Gasteiger partial charge in [0.25, 0.3) is 0 Å². The molecule has 2 fully saturated rings. The second-order valence-electron chi connectivity index (χ2n) is 8.17. The van der Waals surface area contributed by atoms with Gasteiger partial charge in [0.1, 0.15) is 11.4 Å². The van der Waals surface area contributed by atoms with Gasteiger partial charge in [-0.15, -0.1) is 0 Å². The quantitative estimate of drug-likeness (QED) is 0.521. The van der Waals surface area contributed by atoms with E-state index in [1.165, 1.54) is 0 Å². The van der Waals surface area contributed by atoms with Crippen molar-refractivity contribution < 1.29 is 21.6 Å². The third-order valence-corrected chi connectivity index (χ3v) is 7.80. The van der Waals surface area contributed by atoms with Crippen LogP contribution in [0.4, 0.5) is 30.6 Å². The number of aryl methyl sites for hydroxylation is 1. The molecule has 0 radical (unpaired) electrons. The van der Waals surface area contributed by atoms with Gasteiger partial charge in [0.2, 0.25) is 5.95 Å². The number of aromatic nitrogens is 4. The molecule has 2 heterocycles. The molecular formula is C20H21F3N6O2S. The lowest BCUT2D eigenvalue weighted by Crippen LogP contribution is -2.17. The number of nitrogens with one attached hydrogen (secondary N) is 2. The molecule has 2 aliphatic carbocycles. The van der Waals surface area contributed by atoms with Crippen molar-refractivity contribution in [2.24, 2.45) is 0 Å². The zero-order valence-corrected chi connectivity index (χ0v) is 17.7. The van der Waals surface area contributed by atoms with Crippen molar-refractivity contribution in [2.75, 3.05) is 16.4 Å². The predicted octanol–water partition coefficient (Wildman–Crippen LogP) is 3.74. The Morgan fingerprint density at radius 3 is 2.59 bits per heavy atom. The average Bonchev–Trinajstić information content (AvgIpc) is 3.65. The van der Waals surface area contributed by atoms with E-state index in [1.54, 1.807) is 23.0 Å². The standard InChI is InChI=1S/C20H21F3N6O2S/c21-20(22,23)15-11-24-19(28-18(15)26-12-4-5-12)27-16-2-1-3-17-14(16)10-25-29(17)8-9-32(30,31)13-6-7-13/h1-3,10-13H,4-9H2,(H2,24,26,27,28). The van der Waals surface area contributed by atoms with Crippen LogP contribution in [0, 0.1) is 0 Å². The van der Waals surface area contributed by atoms with Gasteiger partial charge in [-0.05, 0) is 37.8 Å². The lowest BCUT2D eigenvalue weighted by molar-refractivity contribution is -0.137. The monoisotopic (exact) mass is 466 g/mol. The molecule has 1 aromatic carbocycles. The number of rotatable bonds is 8. The van der Waals surface area contributed by atoms with Crippen LogP contribution in [0.3, 0.4) is 0 Å². The molecule has 2 aromatic heterocycles.